The van der Waals surface area contributed by atoms with E-state index in [1.807, 2.05) is 6.21 Å². The van der Waals surface area contributed by atoms with Gasteiger partial charge in [-0.25, -0.2) is 0 Å². The van der Waals surface area contributed by atoms with E-state index in [4.69, 9.17) is 0 Å². The maximum absolute atomic E-state index is 4.31. The normalized spacial score (nSPS) is 13.5. The molecule has 12 heavy (non-hydrogen) atoms. The number of hydrogen-bond acceptors (Lipinski definition) is 1. The van der Waals surface area contributed by atoms with Crippen molar-refractivity contribution in [3.8, 4) is 0 Å². The highest BCUT2D eigenvalue weighted by molar-refractivity contribution is 5.76. The lowest BCUT2D eigenvalue weighted by Crippen LogP contribution is -1.88. The fraction of sp³-hybridized carbons (Fsp3) is 0.364. The summed E-state index contributed by atoms with van der Waals surface area (Å²) in [6.07, 6.45) is 4.13. The van der Waals surface area contributed by atoms with Crippen molar-refractivity contribution in [2.75, 3.05) is 0 Å². The molecule has 1 heterocycles. The SMILES string of the molecule is CCc1cc2c(cc1C)N=CC2. The minimum atomic E-state index is 1.02. The van der Waals surface area contributed by atoms with E-state index in [-0.39, 0.29) is 0 Å². The molecule has 1 nitrogen and oxygen atoms in total. The first-order valence-corrected chi connectivity index (χ1v) is 4.46. The van der Waals surface area contributed by atoms with Gasteiger partial charge in [0.05, 0.1) is 5.69 Å². The molecule has 1 aliphatic heterocycles. The minimum Gasteiger partial charge on any atom is -0.261 e. The van der Waals surface area contributed by atoms with Crippen molar-refractivity contribution in [3.63, 3.8) is 0 Å². The van der Waals surface area contributed by atoms with Gasteiger partial charge in [0.2, 0.25) is 0 Å². The predicted octanol–water partition coefficient (Wildman–Crippen LogP) is 2.82. The van der Waals surface area contributed by atoms with E-state index in [2.05, 4.69) is 31.0 Å². The number of fused-ring (bicyclic) bond motifs is 1. The number of benzene rings is 1. The molecule has 0 bridgehead atoms. The van der Waals surface area contributed by atoms with E-state index in [0.29, 0.717) is 0 Å². The van der Waals surface area contributed by atoms with Crippen molar-refractivity contribution in [2.45, 2.75) is 26.7 Å². The zero-order valence-corrected chi connectivity index (χ0v) is 7.59. The molecule has 0 unspecified atom stereocenters. The lowest BCUT2D eigenvalue weighted by Gasteiger charge is -2.05. The fourth-order valence-corrected chi connectivity index (χ4v) is 1.70. The molecule has 1 heteroatoms. The molecule has 0 amide bonds. The summed E-state index contributed by atoms with van der Waals surface area (Å²) in [5.41, 5.74) is 5.39. The van der Waals surface area contributed by atoms with E-state index < -0.39 is 0 Å². The first-order valence-electron chi connectivity index (χ1n) is 4.46. The molecule has 0 radical (unpaired) electrons. The molecule has 0 fully saturated rings. The predicted molar refractivity (Wildman–Crippen MR) is 52.4 cm³/mol. The summed E-state index contributed by atoms with van der Waals surface area (Å²) in [7, 11) is 0. The van der Waals surface area contributed by atoms with Gasteiger partial charge in [0.25, 0.3) is 0 Å². The summed E-state index contributed by atoms with van der Waals surface area (Å²) in [5.74, 6) is 0. The van der Waals surface area contributed by atoms with E-state index in [1.165, 1.54) is 22.4 Å². The van der Waals surface area contributed by atoms with E-state index in [9.17, 15) is 0 Å². The molecule has 2 rings (SSSR count). The number of aliphatic imine (C=N–C) groups is 1. The first kappa shape index (κ1) is 7.53. The Morgan fingerprint density at radius 3 is 3.00 bits per heavy atom. The Hall–Kier alpha value is -1.11. The van der Waals surface area contributed by atoms with Crippen molar-refractivity contribution in [1.29, 1.82) is 0 Å². The lowest BCUT2D eigenvalue weighted by molar-refractivity contribution is 1.10. The van der Waals surface area contributed by atoms with Gasteiger partial charge in [-0.2, -0.15) is 0 Å². The molecule has 1 aromatic carbocycles. The van der Waals surface area contributed by atoms with Crippen LogP contribution >= 0.6 is 0 Å². The van der Waals surface area contributed by atoms with Crippen molar-refractivity contribution >= 4 is 11.9 Å². The molecule has 0 aliphatic carbocycles. The van der Waals surface area contributed by atoms with Gasteiger partial charge < -0.3 is 0 Å². The van der Waals surface area contributed by atoms with E-state index in [0.717, 1.165) is 12.8 Å². The van der Waals surface area contributed by atoms with Crippen LogP contribution in [0, 0.1) is 6.92 Å². The highest BCUT2D eigenvalue weighted by Crippen LogP contribution is 2.27. The second-order valence-electron chi connectivity index (χ2n) is 3.28. The molecule has 0 aromatic heterocycles. The zero-order valence-electron chi connectivity index (χ0n) is 7.59. The molecule has 1 aromatic rings. The Morgan fingerprint density at radius 1 is 1.42 bits per heavy atom. The molecule has 62 valence electrons. The molecular formula is C11H13N. The van der Waals surface area contributed by atoms with Gasteiger partial charge >= 0.3 is 0 Å². The molecule has 0 saturated heterocycles. The van der Waals surface area contributed by atoms with Gasteiger partial charge in [-0.3, -0.25) is 4.99 Å². The molecule has 1 aliphatic rings. The summed E-state index contributed by atoms with van der Waals surface area (Å²) in [4.78, 5) is 4.31. The highest BCUT2D eigenvalue weighted by Gasteiger charge is 2.08. The average Bonchev–Trinajstić information content (AvgIpc) is 2.49. The number of aryl methyl sites for hydroxylation is 2. The van der Waals surface area contributed by atoms with Gasteiger partial charge in [0.1, 0.15) is 0 Å². The maximum Gasteiger partial charge on any atom is 0.0664 e. The Balaban J connectivity index is 2.54. The van der Waals surface area contributed by atoms with Crippen LogP contribution in [0.15, 0.2) is 17.1 Å². The Kier molecular flexibility index (Phi) is 1.72. The van der Waals surface area contributed by atoms with Crippen LogP contribution in [0.25, 0.3) is 0 Å². The number of nitrogens with zero attached hydrogens (tertiary/aromatic N) is 1. The summed E-state index contributed by atoms with van der Waals surface area (Å²) in [6, 6.07) is 4.48. The average molecular weight is 159 g/mol. The van der Waals surface area contributed by atoms with Crippen LogP contribution in [-0.2, 0) is 12.8 Å². The lowest BCUT2D eigenvalue weighted by atomic mass is 10.0. The van der Waals surface area contributed by atoms with Crippen LogP contribution in [0.4, 0.5) is 5.69 Å². The Labute approximate surface area is 73.1 Å². The second-order valence-corrected chi connectivity index (χ2v) is 3.28. The van der Waals surface area contributed by atoms with Crippen LogP contribution in [-0.4, -0.2) is 6.21 Å². The van der Waals surface area contributed by atoms with Gasteiger partial charge in [0.15, 0.2) is 0 Å². The maximum atomic E-state index is 4.31. The van der Waals surface area contributed by atoms with E-state index >= 15 is 0 Å². The number of rotatable bonds is 1. The topological polar surface area (TPSA) is 12.4 Å². The minimum absolute atomic E-state index is 1.02. The van der Waals surface area contributed by atoms with Gasteiger partial charge in [-0.15, -0.1) is 0 Å². The standard InChI is InChI=1S/C11H13N/c1-3-9-7-10-4-5-12-11(10)6-8(9)2/h5-7H,3-4H2,1-2H3. The van der Waals surface area contributed by atoms with Crippen molar-refractivity contribution < 1.29 is 0 Å². The van der Waals surface area contributed by atoms with Crippen molar-refractivity contribution in [2.24, 2.45) is 4.99 Å². The first-order chi connectivity index (χ1) is 5.81. The molecule has 0 atom stereocenters. The van der Waals surface area contributed by atoms with Gasteiger partial charge in [-0.05, 0) is 36.1 Å². The van der Waals surface area contributed by atoms with Crippen molar-refractivity contribution in [1.82, 2.24) is 0 Å². The van der Waals surface area contributed by atoms with Crippen molar-refractivity contribution in [3.05, 3.63) is 28.8 Å². The summed E-state index contributed by atoms with van der Waals surface area (Å²) in [6.45, 7) is 4.36. The van der Waals surface area contributed by atoms with Crippen LogP contribution in [0.1, 0.15) is 23.6 Å². The quantitative estimate of drug-likeness (QED) is 0.597. The van der Waals surface area contributed by atoms with Crippen LogP contribution < -0.4 is 0 Å². The third-order valence-corrected chi connectivity index (χ3v) is 2.46. The second kappa shape index (κ2) is 2.74. The van der Waals surface area contributed by atoms with Gasteiger partial charge in [0, 0.05) is 12.6 Å². The molecular weight excluding hydrogens is 146 g/mol. The molecule has 0 spiro atoms. The number of hydrogen-bond donors (Lipinski definition) is 0. The Morgan fingerprint density at radius 2 is 2.25 bits per heavy atom. The van der Waals surface area contributed by atoms with Crippen LogP contribution in [0.2, 0.25) is 0 Å². The van der Waals surface area contributed by atoms with Gasteiger partial charge in [-0.1, -0.05) is 13.0 Å². The molecule has 0 N–H and O–H groups in total. The summed E-state index contributed by atoms with van der Waals surface area (Å²) >= 11 is 0. The third kappa shape index (κ3) is 1.06. The van der Waals surface area contributed by atoms with E-state index in [1.54, 1.807) is 0 Å². The fourth-order valence-electron chi connectivity index (χ4n) is 1.70. The zero-order chi connectivity index (χ0) is 8.55. The molecule has 0 saturated carbocycles. The Bertz CT molecular complexity index is 336. The largest absolute Gasteiger partial charge is 0.261 e. The monoisotopic (exact) mass is 159 g/mol. The third-order valence-electron chi connectivity index (χ3n) is 2.46. The smallest absolute Gasteiger partial charge is 0.0664 e. The summed E-state index contributed by atoms with van der Waals surface area (Å²) < 4.78 is 0. The highest BCUT2D eigenvalue weighted by atomic mass is 14.7. The summed E-state index contributed by atoms with van der Waals surface area (Å²) in [5, 5.41) is 0. The van der Waals surface area contributed by atoms with Crippen LogP contribution in [0.5, 0.6) is 0 Å². The van der Waals surface area contributed by atoms with Crippen LogP contribution in [0.3, 0.4) is 0 Å².